The fraction of sp³-hybridized carbons (Fsp3) is 0.800. The van der Waals surface area contributed by atoms with Crippen molar-refractivity contribution in [3.63, 3.8) is 0 Å². The lowest BCUT2D eigenvalue weighted by Crippen LogP contribution is -2.43. The van der Waals surface area contributed by atoms with E-state index in [9.17, 15) is 0 Å². The molecule has 0 heterocycles. The van der Waals surface area contributed by atoms with Crippen LogP contribution >= 0.6 is 0 Å². The van der Waals surface area contributed by atoms with Crippen LogP contribution in [0.5, 0.6) is 0 Å². The Morgan fingerprint density at radius 2 is 2.05 bits per heavy atom. The summed E-state index contributed by atoms with van der Waals surface area (Å²) < 4.78 is 0. The molecule has 0 aliphatic heterocycles. The molecule has 3 atom stereocenters. The molecule has 0 aromatic rings. The van der Waals surface area contributed by atoms with Crippen molar-refractivity contribution in [1.82, 2.24) is 0 Å². The first-order valence-electron chi connectivity index (χ1n) is 8.78. The van der Waals surface area contributed by atoms with Crippen LogP contribution in [0.25, 0.3) is 0 Å². The molecule has 0 aromatic heterocycles. The second-order valence-electron chi connectivity index (χ2n) is 8.37. The summed E-state index contributed by atoms with van der Waals surface area (Å²) in [5.41, 5.74) is 3.92. The highest BCUT2D eigenvalue weighted by atomic mass is 16.2. The standard InChI is InChI=1S/C20H34O/c1-15(11-14-21)10-13-20(5)16(2)8-9-17-18(20)7-6-12-19(17,3)4/h7,11,16-17,21H,6,8-10,12-14H2,1-5H3/b15-11-/t16-,17+,20+/m1/s1. The van der Waals surface area contributed by atoms with Gasteiger partial charge in [-0.1, -0.05) is 51.0 Å². The lowest BCUT2D eigenvalue weighted by atomic mass is 9.52. The van der Waals surface area contributed by atoms with E-state index in [0.717, 1.165) is 18.3 Å². The average molecular weight is 290 g/mol. The molecule has 1 nitrogen and oxygen atoms in total. The van der Waals surface area contributed by atoms with Crippen molar-refractivity contribution >= 4 is 0 Å². The highest BCUT2D eigenvalue weighted by Crippen LogP contribution is 2.58. The molecule has 2 aliphatic carbocycles. The van der Waals surface area contributed by atoms with E-state index < -0.39 is 0 Å². The first-order chi connectivity index (χ1) is 9.81. The summed E-state index contributed by atoms with van der Waals surface area (Å²) in [6, 6.07) is 0. The number of hydrogen-bond donors (Lipinski definition) is 1. The average Bonchev–Trinajstić information content (AvgIpc) is 2.41. The third kappa shape index (κ3) is 3.28. The van der Waals surface area contributed by atoms with Crippen LogP contribution in [0.3, 0.4) is 0 Å². The zero-order chi connectivity index (χ0) is 15.7. The van der Waals surface area contributed by atoms with Gasteiger partial charge in [0.2, 0.25) is 0 Å². The Hall–Kier alpha value is -0.560. The molecule has 2 aliphatic rings. The number of aliphatic hydroxyl groups is 1. The Balaban J connectivity index is 2.22. The molecule has 120 valence electrons. The van der Waals surface area contributed by atoms with Crippen LogP contribution in [0.1, 0.15) is 73.1 Å². The molecule has 21 heavy (non-hydrogen) atoms. The highest BCUT2D eigenvalue weighted by molar-refractivity contribution is 5.26. The molecule has 0 amide bonds. The second-order valence-corrected chi connectivity index (χ2v) is 8.37. The van der Waals surface area contributed by atoms with Crippen molar-refractivity contribution in [1.29, 1.82) is 0 Å². The molecule has 0 unspecified atom stereocenters. The molecule has 0 aromatic carbocycles. The number of rotatable bonds is 4. The van der Waals surface area contributed by atoms with Gasteiger partial charge in [-0.15, -0.1) is 0 Å². The maximum Gasteiger partial charge on any atom is 0.0614 e. The van der Waals surface area contributed by atoms with Crippen LogP contribution < -0.4 is 0 Å². The van der Waals surface area contributed by atoms with Gasteiger partial charge in [-0.25, -0.2) is 0 Å². The van der Waals surface area contributed by atoms with Crippen molar-refractivity contribution in [2.24, 2.45) is 22.7 Å². The fourth-order valence-electron chi connectivity index (χ4n) is 4.64. The summed E-state index contributed by atoms with van der Waals surface area (Å²) in [6.45, 7) is 12.2. The SMILES string of the molecule is C/C(=C/CO)CC[C@]1(C)C2=CCCC(C)(C)[C@H]2CC[C@H]1C. The molecular weight excluding hydrogens is 256 g/mol. The number of hydrogen-bond acceptors (Lipinski definition) is 1. The van der Waals surface area contributed by atoms with Gasteiger partial charge in [0.1, 0.15) is 0 Å². The van der Waals surface area contributed by atoms with Crippen molar-refractivity contribution in [2.75, 3.05) is 6.61 Å². The molecule has 0 radical (unpaired) electrons. The number of fused-ring (bicyclic) bond motifs is 1. The van der Waals surface area contributed by atoms with Gasteiger partial charge in [0.05, 0.1) is 6.61 Å². The molecule has 1 N–H and O–H groups in total. The van der Waals surface area contributed by atoms with E-state index in [-0.39, 0.29) is 6.61 Å². The minimum Gasteiger partial charge on any atom is -0.392 e. The topological polar surface area (TPSA) is 20.2 Å². The Morgan fingerprint density at radius 1 is 1.33 bits per heavy atom. The van der Waals surface area contributed by atoms with E-state index in [1.165, 1.54) is 37.7 Å². The van der Waals surface area contributed by atoms with Gasteiger partial charge in [-0.2, -0.15) is 0 Å². The molecule has 0 saturated heterocycles. The highest BCUT2D eigenvalue weighted by Gasteiger charge is 2.47. The molecule has 0 spiro atoms. The quantitative estimate of drug-likeness (QED) is 0.677. The van der Waals surface area contributed by atoms with Crippen LogP contribution in [0.15, 0.2) is 23.3 Å². The lowest BCUT2D eigenvalue weighted by molar-refractivity contribution is 0.0812. The van der Waals surface area contributed by atoms with Gasteiger partial charge < -0.3 is 5.11 Å². The Morgan fingerprint density at radius 3 is 2.71 bits per heavy atom. The van der Waals surface area contributed by atoms with E-state index in [0.29, 0.717) is 10.8 Å². The minimum atomic E-state index is 0.177. The largest absolute Gasteiger partial charge is 0.392 e. The summed E-state index contributed by atoms with van der Waals surface area (Å²) in [4.78, 5) is 0. The van der Waals surface area contributed by atoms with E-state index in [4.69, 9.17) is 5.11 Å². The zero-order valence-corrected chi connectivity index (χ0v) is 14.7. The van der Waals surface area contributed by atoms with Gasteiger partial charge in [0, 0.05) is 0 Å². The molecular formula is C20H34O. The molecule has 1 saturated carbocycles. The number of aliphatic hydroxyl groups excluding tert-OH is 1. The molecule has 1 fully saturated rings. The minimum absolute atomic E-state index is 0.177. The summed E-state index contributed by atoms with van der Waals surface area (Å²) in [5, 5.41) is 9.06. The van der Waals surface area contributed by atoms with Crippen LogP contribution in [-0.4, -0.2) is 11.7 Å². The normalized spacial score (nSPS) is 36.1. The summed E-state index contributed by atoms with van der Waals surface area (Å²) in [5.74, 6) is 1.56. The first-order valence-corrected chi connectivity index (χ1v) is 8.78. The van der Waals surface area contributed by atoms with Gasteiger partial charge in [-0.3, -0.25) is 0 Å². The van der Waals surface area contributed by atoms with Crippen molar-refractivity contribution in [3.8, 4) is 0 Å². The third-order valence-electron chi connectivity index (χ3n) is 6.59. The summed E-state index contributed by atoms with van der Waals surface area (Å²) in [6.07, 6.45) is 12.2. The van der Waals surface area contributed by atoms with Crippen molar-refractivity contribution < 1.29 is 5.11 Å². The Bertz CT molecular complexity index is 429. The van der Waals surface area contributed by atoms with E-state index in [1.807, 2.05) is 6.08 Å². The second kappa shape index (κ2) is 6.28. The Labute approximate surface area is 131 Å². The van der Waals surface area contributed by atoms with Gasteiger partial charge in [0.25, 0.3) is 0 Å². The maximum atomic E-state index is 9.06. The van der Waals surface area contributed by atoms with E-state index in [2.05, 4.69) is 40.7 Å². The van der Waals surface area contributed by atoms with E-state index >= 15 is 0 Å². The smallest absolute Gasteiger partial charge is 0.0614 e. The van der Waals surface area contributed by atoms with Crippen LogP contribution in [0, 0.1) is 22.7 Å². The van der Waals surface area contributed by atoms with Gasteiger partial charge in [-0.05, 0) is 68.1 Å². The van der Waals surface area contributed by atoms with Crippen LogP contribution in [0.2, 0.25) is 0 Å². The monoisotopic (exact) mass is 290 g/mol. The Kier molecular flexibility index (Phi) is 5.03. The van der Waals surface area contributed by atoms with Crippen LogP contribution in [0.4, 0.5) is 0 Å². The van der Waals surface area contributed by atoms with Crippen molar-refractivity contribution in [2.45, 2.75) is 73.1 Å². The first kappa shape index (κ1) is 16.8. The number of allylic oxidation sites excluding steroid dienone is 3. The predicted octanol–water partition coefficient (Wildman–Crippen LogP) is 5.50. The fourth-order valence-corrected chi connectivity index (χ4v) is 4.64. The maximum absolute atomic E-state index is 9.06. The molecule has 1 heteroatoms. The van der Waals surface area contributed by atoms with Gasteiger partial charge >= 0.3 is 0 Å². The zero-order valence-electron chi connectivity index (χ0n) is 14.7. The van der Waals surface area contributed by atoms with E-state index in [1.54, 1.807) is 5.57 Å². The summed E-state index contributed by atoms with van der Waals surface area (Å²) in [7, 11) is 0. The molecule has 2 rings (SSSR count). The predicted molar refractivity (Wildman–Crippen MR) is 91.2 cm³/mol. The molecule has 0 bridgehead atoms. The van der Waals surface area contributed by atoms with Crippen molar-refractivity contribution in [3.05, 3.63) is 23.3 Å². The van der Waals surface area contributed by atoms with Crippen LogP contribution in [-0.2, 0) is 0 Å². The lowest BCUT2D eigenvalue weighted by Gasteiger charge is -2.53. The summed E-state index contributed by atoms with van der Waals surface area (Å²) >= 11 is 0. The van der Waals surface area contributed by atoms with Gasteiger partial charge in [0.15, 0.2) is 0 Å². The third-order valence-corrected chi connectivity index (χ3v) is 6.59.